The van der Waals surface area contributed by atoms with E-state index in [4.69, 9.17) is 16.3 Å². The summed E-state index contributed by atoms with van der Waals surface area (Å²) in [6, 6.07) is 5.63. The Morgan fingerprint density at radius 3 is 2.76 bits per heavy atom. The van der Waals surface area contributed by atoms with E-state index in [0.717, 1.165) is 49.1 Å². The monoisotopic (exact) mass is 375 g/mol. The van der Waals surface area contributed by atoms with Crippen LogP contribution in [0.3, 0.4) is 0 Å². The van der Waals surface area contributed by atoms with Crippen LogP contribution in [-0.4, -0.2) is 42.4 Å². The summed E-state index contributed by atoms with van der Waals surface area (Å²) in [5.74, 6) is 0. The zero-order chi connectivity index (χ0) is 15.2. The number of likely N-dealkylation sites (tertiary alicyclic amines) is 1. The molecule has 1 atom stereocenters. The van der Waals surface area contributed by atoms with Gasteiger partial charge in [0.15, 0.2) is 0 Å². The first-order valence-corrected chi connectivity index (χ1v) is 8.74. The Morgan fingerprint density at radius 2 is 2.14 bits per heavy atom. The van der Waals surface area contributed by atoms with E-state index in [2.05, 4.69) is 20.8 Å². The lowest BCUT2D eigenvalue weighted by Crippen LogP contribution is -2.38. The smallest absolute Gasteiger partial charge is 0.0816 e. The molecule has 2 rings (SSSR count). The highest BCUT2D eigenvalue weighted by Gasteiger charge is 2.20. The van der Waals surface area contributed by atoms with Crippen LogP contribution in [-0.2, 0) is 4.74 Å². The van der Waals surface area contributed by atoms with Gasteiger partial charge in [-0.25, -0.2) is 0 Å². The second-order valence-electron chi connectivity index (χ2n) is 5.47. The van der Waals surface area contributed by atoms with Crippen molar-refractivity contribution >= 4 is 27.5 Å². The summed E-state index contributed by atoms with van der Waals surface area (Å²) in [4.78, 5) is 2.39. The average molecular weight is 377 g/mol. The topological polar surface area (TPSA) is 32.7 Å². The van der Waals surface area contributed by atoms with Crippen molar-refractivity contribution in [2.75, 3.05) is 26.2 Å². The maximum atomic E-state index is 10.3. The molecule has 1 aromatic rings. The molecule has 0 bridgehead atoms. The van der Waals surface area contributed by atoms with Gasteiger partial charge in [0, 0.05) is 35.7 Å². The molecule has 0 amide bonds. The lowest BCUT2D eigenvalue weighted by atomic mass is 10.0. The van der Waals surface area contributed by atoms with Crippen LogP contribution in [0, 0.1) is 0 Å². The summed E-state index contributed by atoms with van der Waals surface area (Å²) in [7, 11) is 0. The quantitative estimate of drug-likeness (QED) is 0.813. The lowest BCUT2D eigenvalue weighted by molar-refractivity contribution is 0.0112. The van der Waals surface area contributed by atoms with Crippen LogP contribution in [0.4, 0.5) is 0 Å². The summed E-state index contributed by atoms with van der Waals surface area (Å²) >= 11 is 9.56. The molecule has 21 heavy (non-hydrogen) atoms. The van der Waals surface area contributed by atoms with Crippen LogP contribution in [0.2, 0.25) is 5.02 Å². The van der Waals surface area contributed by atoms with Crippen molar-refractivity contribution in [2.24, 2.45) is 0 Å². The molecule has 5 heteroatoms. The Morgan fingerprint density at radius 1 is 1.43 bits per heavy atom. The number of aliphatic hydroxyl groups excluding tert-OH is 1. The van der Waals surface area contributed by atoms with Crippen LogP contribution >= 0.6 is 27.5 Å². The fourth-order valence-corrected chi connectivity index (χ4v) is 3.57. The van der Waals surface area contributed by atoms with E-state index in [1.165, 1.54) is 0 Å². The Hall–Kier alpha value is -0.130. The first-order valence-electron chi connectivity index (χ1n) is 7.57. The zero-order valence-corrected chi connectivity index (χ0v) is 14.7. The van der Waals surface area contributed by atoms with Crippen LogP contribution in [0.25, 0.3) is 0 Å². The van der Waals surface area contributed by atoms with Gasteiger partial charge in [-0.05, 0) is 43.9 Å². The number of aliphatic hydroxyl groups is 1. The van der Waals surface area contributed by atoms with Gasteiger partial charge in [-0.1, -0.05) is 33.6 Å². The number of benzene rings is 1. The van der Waals surface area contributed by atoms with Gasteiger partial charge in [-0.2, -0.15) is 0 Å². The molecule has 0 spiro atoms. The third kappa shape index (κ3) is 5.22. The molecule has 118 valence electrons. The number of nitrogens with zero attached hydrogens (tertiary/aromatic N) is 1. The minimum atomic E-state index is -0.504. The third-order valence-electron chi connectivity index (χ3n) is 3.98. The fourth-order valence-electron chi connectivity index (χ4n) is 2.77. The third-order valence-corrected chi connectivity index (χ3v) is 4.80. The van der Waals surface area contributed by atoms with Crippen LogP contribution in [0.1, 0.15) is 37.9 Å². The van der Waals surface area contributed by atoms with E-state index in [9.17, 15) is 5.11 Å². The van der Waals surface area contributed by atoms with Crippen LogP contribution in [0.5, 0.6) is 0 Å². The normalized spacial score (nSPS) is 18.9. The molecule has 0 saturated carbocycles. The van der Waals surface area contributed by atoms with Crippen LogP contribution < -0.4 is 0 Å². The van der Waals surface area contributed by atoms with Crippen LogP contribution in [0.15, 0.2) is 22.7 Å². The SMILES string of the molecule is CCOC1CCN(CCC(O)c2ccc(Br)cc2Cl)CC1. The maximum absolute atomic E-state index is 10.3. The predicted molar refractivity (Wildman–Crippen MR) is 89.8 cm³/mol. The molecule has 0 aliphatic carbocycles. The van der Waals surface area contributed by atoms with Crippen molar-refractivity contribution in [3.05, 3.63) is 33.3 Å². The number of rotatable bonds is 6. The molecule has 1 N–H and O–H groups in total. The zero-order valence-electron chi connectivity index (χ0n) is 12.4. The first kappa shape index (κ1) is 17.2. The highest BCUT2D eigenvalue weighted by Crippen LogP contribution is 2.28. The van der Waals surface area contributed by atoms with Crippen molar-refractivity contribution in [3.63, 3.8) is 0 Å². The Balaban J connectivity index is 1.78. The molecular formula is C16H23BrClNO2. The Labute approximate surface area is 140 Å². The Bertz CT molecular complexity index is 450. The van der Waals surface area contributed by atoms with Gasteiger partial charge in [0.25, 0.3) is 0 Å². The first-order chi connectivity index (χ1) is 10.1. The van der Waals surface area contributed by atoms with Crippen molar-refractivity contribution < 1.29 is 9.84 Å². The number of halogens is 2. The molecule has 3 nitrogen and oxygen atoms in total. The summed E-state index contributed by atoms with van der Waals surface area (Å²) in [5, 5.41) is 10.9. The highest BCUT2D eigenvalue weighted by atomic mass is 79.9. The molecule has 1 aliphatic heterocycles. The molecule has 1 aromatic carbocycles. The minimum absolute atomic E-state index is 0.414. The summed E-state index contributed by atoms with van der Waals surface area (Å²) in [6.07, 6.45) is 2.79. The molecule has 1 heterocycles. The van der Waals surface area contributed by atoms with Gasteiger partial charge in [0.1, 0.15) is 0 Å². The lowest BCUT2D eigenvalue weighted by Gasteiger charge is -2.32. The molecule has 1 fully saturated rings. The summed E-state index contributed by atoms with van der Waals surface area (Å²) in [5.41, 5.74) is 0.809. The van der Waals surface area contributed by atoms with Gasteiger partial charge in [-0.3, -0.25) is 0 Å². The van der Waals surface area contributed by atoms with Crippen molar-refractivity contribution in [2.45, 2.75) is 38.4 Å². The maximum Gasteiger partial charge on any atom is 0.0816 e. The summed E-state index contributed by atoms with van der Waals surface area (Å²) in [6.45, 7) is 5.83. The van der Waals surface area contributed by atoms with Gasteiger partial charge >= 0.3 is 0 Å². The minimum Gasteiger partial charge on any atom is -0.388 e. The van der Waals surface area contributed by atoms with E-state index in [-0.39, 0.29) is 0 Å². The molecular weight excluding hydrogens is 354 g/mol. The predicted octanol–water partition coefficient (Wildman–Crippen LogP) is 4.03. The molecule has 1 saturated heterocycles. The number of piperidine rings is 1. The average Bonchev–Trinajstić information content (AvgIpc) is 2.46. The van der Waals surface area contributed by atoms with Crippen molar-refractivity contribution in [1.82, 2.24) is 4.90 Å². The van der Waals surface area contributed by atoms with Gasteiger partial charge in [-0.15, -0.1) is 0 Å². The number of ether oxygens (including phenoxy) is 1. The Kier molecular flexibility index (Phi) is 6.96. The fraction of sp³-hybridized carbons (Fsp3) is 0.625. The van der Waals surface area contributed by atoms with E-state index in [1.54, 1.807) is 0 Å². The number of hydrogen-bond donors (Lipinski definition) is 1. The van der Waals surface area contributed by atoms with E-state index in [1.807, 2.05) is 25.1 Å². The largest absolute Gasteiger partial charge is 0.388 e. The van der Waals surface area contributed by atoms with E-state index >= 15 is 0 Å². The van der Waals surface area contributed by atoms with Crippen molar-refractivity contribution in [3.8, 4) is 0 Å². The molecule has 0 aromatic heterocycles. The van der Waals surface area contributed by atoms with E-state index < -0.39 is 6.10 Å². The highest BCUT2D eigenvalue weighted by molar-refractivity contribution is 9.10. The molecule has 1 unspecified atom stereocenters. The standard InChI is InChI=1S/C16H23BrClNO2/c1-2-21-13-5-8-19(9-6-13)10-7-16(20)14-4-3-12(17)11-15(14)18/h3-4,11,13,16,20H,2,5-10H2,1H3. The van der Waals surface area contributed by atoms with Gasteiger partial charge in [0.05, 0.1) is 12.2 Å². The second kappa shape index (κ2) is 8.49. The summed E-state index contributed by atoms with van der Waals surface area (Å²) < 4.78 is 6.59. The molecule has 1 aliphatic rings. The van der Waals surface area contributed by atoms with Gasteiger partial charge in [0.2, 0.25) is 0 Å². The number of hydrogen-bond acceptors (Lipinski definition) is 3. The van der Waals surface area contributed by atoms with Gasteiger partial charge < -0.3 is 14.7 Å². The van der Waals surface area contributed by atoms with Crippen molar-refractivity contribution in [1.29, 1.82) is 0 Å². The molecule has 0 radical (unpaired) electrons. The van der Waals surface area contributed by atoms with E-state index in [0.29, 0.717) is 17.5 Å². The second-order valence-corrected chi connectivity index (χ2v) is 6.79.